The zero-order valence-electron chi connectivity index (χ0n) is 18.2. The SMILES string of the molecule is CCCCCCCCCCCCCCCc1cc(O)c(CC(C)C)c(O)c1. The Kier molecular flexibility index (Phi) is 13.1. The Hall–Kier alpha value is -1.18. The van der Waals surface area contributed by atoms with Gasteiger partial charge in [0.2, 0.25) is 0 Å². The van der Waals surface area contributed by atoms with Crippen molar-refractivity contribution >= 4 is 0 Å². The Morgan fingerprint density at radius 3 is 1.48 bits per heavy atom. The van der Waals surface area contributed by atoms with Crippen molar-refractivity contribution in [2.24, 2.45) is 5.92 Å². The number of benzene rings is 1. The number of hydrogen-bond donors (Lipinski definition) is 2. The normalized spacial score (nSPS) is 11.4. The number of phenols is 2. The summed E-state index contributed by atoms with van der Waals surface area (Å²) < 4.78 is 0. The third-order valence-electron chi connectivity index (χ3n) is 5.44. The second-order valence-electron chi connectivity index (χ2n) is 8.70. The second-order valence-corrected chi connectivity index (χ2v) is 8.70. The van der Waals surface area contributed by atoms with Crippen molar-refractivity contribution in [3.8, 4) is 11.5 Å². The van der Waals surface area contributed by atoms with Gasteiger partial charge in [-0.3, -0.25) is 0 Å². The van der Waals surface area contributed by atoms with Crippen LogP contribution in [-0.4, -0.2) is 10.2 Å². The fourth-order valence-electron chi connectivity index (χ4n) is 3.81. The van der Waals surface area contributed by atoms with Gasteiger partial charge in [-0.05, 0) is 42.9 Å². The van der Waals surface area contributed by atoms with Crippen LogP contribution in [0.2, 0.25) is 0 Å². The van der Waals surface area contributed by atoms with Crippen molar-refractivity contribution in [1.29, 1.82) is 0 Å². The van der Waals surface area contributed by atoms with Crippen LogP contribution < -0.4 is 0 Å². The molecule has 0 aliphatic carbocycles. The standard InChI is InChI=1S/C25H44O2/c1-4-5-6-7-8-9-10-11-12-13-14-15-16-17-22-19-24(26)23(18-21(2)3)25(27)20-22/h19-21,26-27H,4-18H2,1-3H3. The van der Waals surface area contributed by atoms with E-state index < -0.39 is 0 Å². The molecule has 2 heteroatoms. The van der Waals surface area contributed by atoms with E-state index in [0.717, 1.165) is 24.8 Å². The van der Waals surface area contributed by atoms with E-state index in [0.29, 0.717) is 11.5 Å². The van der Waals surface area contributed by atoms with Gasteiger partial charge in [0.1, 0.15) is 11.5 Å². The maximum absolute atomic E-state index is 10.2. The molecule has 0 unspecified atom stereocenters. The first-order valence-electron chi connectivity index (χ1n) is 11.6. The van der Waals surface area contributed by atoms with E-state index in [4.69, 9.17) is 0 Å². The van der Waals surface area contributed by atoms with Gasteiger partial charge in [0.25, 0.3) is 0 Å². The van der Waals surface area contributed by atoms with Crippen LogP contribution >= 0.6 is 0 Å². The van der Waals surface area contributed by atoms with E-state index in [9.17, 15) is 10.2 Å². The Bertz CT molecular complexity index is 470. The molecule has 0 aliphatic rings. The third kappa shape index (κ3) is 11.3. The molecule has 0 aromatic heterocycles. The van der Waals surface area contributed by atoms with Crippen molar-refractivity contribution < 1.29 is 10.2 Å². The molecule has 0 fully saturated rings. The number of aromatic hydroxyl groups is 2. The van der Waals surface area contributed by atoms with E-state index in [1.54, 1.807) is 0 Å². The van der Waals surface area contributed by atoms with E-state index >= 15 is 0 Å². The molecule has 27 heavy (non-hydrogen) atoms. The predicted octanol–water partition coefficient (Wildman–Crippen LogP) is 7.93. The van der Waals surface area contributed by atoms with Crippen molar-refractivity contribution in [2.75, 3.05) is 0 Å². The molecule has 0 heterocycles. The lowest BCUT2D eigenvalue weighted by Gasteiger charge is -2.12. The largest absolute Gasteiger partial charge is 0.508 e. The van der Waals surface area contributed by atoms with Crippen molar-refractivity contribution in [3.63, 3.8) is 0 Å². The van der Waals surface area contributed by atoms with Crippen LogP contribution in [0.25, 0.3) is 0 Å². The summed E-state index contributed by atoms with van der Waals surface area (Å²) in [4.78, 5) is 0. The van der Waals surface area contributed by atoms with E-state index in [1.807, 2.05) is 12.1 Å². The molecular weight excluding hydrogens is 332 g/mol. The van der Waals surface area contributed by atoms with Gasteiger partial charge in [0.05, 0.1) is 0 Å². The summed E-state index contributed by atoms with van der Waals surface area (Å²) in [5.41, 5.74) is 1.75. The summed E-state index contributed by atoms with van der Waals surface area (Å²) in [6.45, 7) is 6.47. The van der Waals surface area contributed by atoms with Crippen LogP contribution in [0.4, 0.5) is 0 Å². The van der Waals surface area contributed by atoms with Gasteiger partial charge in [0, 0.05) is 5.56 Å². The smallest absolute Gasteiger partial charge is 0.122 e. The Balaban J connectivity index is 2.05. The lowest BCUT2D eigenvalue weighted by atomic mass is 9.97. The molecule has 1 aromatic rings. The van der Waals surface area contributed by atoms with Gasteiger partial charge < -0.3 is 10.2 Å². The minimum Gasteiger partial charge on any atom is -0.508 e. The average molecular weight is 377 g/mol. The molecule has 2 nitrogen and oxygen atoms in total. The molecule has 1 aromatic carbocycles. The summed E-state index contributed by atoms with van der Waals surface area (Å²) in [6.07, 6.45) is 19.3. The van der Waals surface area contributed by atoms with Crippen LogP contribution in [0.5, 0.6) is 11.5 Å². The molecular formula is C25H44O2. The second kappa shape index (κ2) is 14.8. The summed E-state index contributed by atoms with van der Waals surface area (Å²) in [7, 11) is 0. The van der Waals surface area contributed by atoms with Crippen LogP contribution in [0.3, 0.4) is 0 Å². The van der Waals surface area contributed by atoms with Crippen LogP contribution in [0.1, 0.15) is 115 Å². The average Bonchev–Trinajstić information content (AvgIpc) is 2.62. The fraction of sp³-hybridized carbons (Fsp3) is 0.760. The van der Waals surface area contributed by atoms with Gasteiger partial charge in [-0.15, -0.1) is 0 Å². The first-order chi connectivity index (χ1) is 13.0. The monoisotopic (exact) mass is 376 g/mol. The predicted molar refractivity (Wildman–Crippen MR) is 118 cm³/mol. The Morgan fingerprint density at radius 2 is 1.07 bits per heavy atom. The topological polar surface area (TPSA) is 40.5 Å². The molecule has 156 valence electrons. The summed E-state index contributed by atoms with van der Waals surface area (Å²) in [5.74, 6) is 0.940. The molecule has 0 bridgehead atoms. The first-order valence-corrected chi connectivity index (χ1v) is 11.6. The molecule has 0 saturated heterocycles. The minimum absolute atomic E-state index is 0.258. The van der Waals surface area contributed by atoms with Crippen LogP contribution in [-0.2, 0) is 12.8 Å². The zero-order valence-corrected chi connectivity index (χ0v) is 18.2. The molecule has 1 rings (SSSR count). The number of aryl methyl sites for hydroxylation is 1. The van der Waals surface area contributed by atoms with Gasteiger partial charge in [0.15, 0.2) is 0 Å². The highest BCUT2D eigenvalue weighted by atomic mass is 16.3. The lowest BCUT2D eigenvalue weighted by Crippen LogP contribution is -1.97. The maximum Gasteiger partial charge on any atom is 0.122 e. The van der Waals surface area contributed by atoms with Crippen molar-refractivity contribution in [3.05, 3.63) is 23.3 Å². The third-order valence-corrected chi connectivity index (χ3v) is 5.44. The quantitative estimate of drug-likeness (QED) is 0.287. The van der Waals surface area contributed by atoms with Gasteiger partial charge in [-0.1, -0.05) is 97.8 Å². The summed E-state index contributed by atoms with van der Waals surface area (Å²) in [6, 6.07) is 3.69. The number of rotatable bonds is 16. The molecule has 0 aliphatic heterocycles. The van der Waals surface area contributed by atoms with Gasteiger partial charge in [-0.2, -0.15) is 0 Å². The van der Waals surface area contributed by atoms with Crippen LogP contribution in [0, 0.1) is 5.92 Å². The van der Waals surface area contributed by atoms with Gasteiger partial charge >= 0.3 is 0 Å². The van der Waals surface area contributed by atoms with Crippen LogP contribution in [0.15, 0.2) is 12.1 Å². The number of hydrogen-bond acceptors (Lipinski definition) is 2. The summed E-state index contributed by atoms with van der Waals surface area (Å²) in [5, 5.41) is 20.3. The molecule has 0 amide bonds. The molecule has 2 N–H and O–H groups in total. The molecule has 0 saturated carbocycles. The number of unbranched alkanes of at least 4 members (excludes halogenated alkanes) is 12. The first kappa shape index (κ1) is 23.9. The number of phenolic OH excluding ortho intramolecular Hbond substituents is 2. The highest BCUT2D eigenvalue weighted by Crippen LogP contribution is 2.31. The Labute approximate surface area is 168 Å². The minimum atomic E-state index is 0.258. The maximum atomic E-state index is 10.2. The Morgan fingerprint density at radius 1 is 0.667 bits per heavy atom. The molecule has 0 radical (unpaired) electrons. The highest BCUT2D eigenvalue weighted by molar-refractivity contribution is 5.46. The van der Waals surface area contributed by atoms with E-state index in [-0.39, 0.29) is 11.5 Å². The van der Waals surface area contributed by atoms with Crippen molar-refractivity contribution in [2.45, 2.75) is 117 Å². The highest BCUT2D eigenvalue weighted by Gasteiger charge is 2.11. The van der Waals surface area contributed by atoms with Crippen molar-refractivity contribution in [1.82, 2.24) is 0 Å². The summed E-state index contributed by atoms with van der Waals surface area (Å²) >= 11 is 0. The van der Waals surface area contributed by atoms with Gasteiger partial charge in [-0.25, -0.2) is 0 Å². The zero-order chi connectivity index (χ0) is 19.9. The van der Waals surface area contributed by atoms with E-state index in [1.165, 1.54) is 77.0 Å². The molecule has 0 atom stereocenters. The fourth-order valence-corrected chi connectivity index (χ4v) is 3.81. The lowest BCUT2D eigenvalue weighted by molar-refractivity contribution is 0.429. The van der Waals surface area contributed by atoms with E-state index in [2.05, 4.69) is 20.8 Å². The molecule has 0 spiro atoms.